The van der Waals surface area contributed by atoms with Crippen LogP contribution < -0.4 is 10.6 Å². The number of hydrogen-bond donors (Lipinski definition) is 3. The fourth-order valence-electron chi connectivity index (χ4n) is 1.59. The zero-order chi connectivity index (χ0) is 14.1. The van der Waals surface area contributed by atoms with Crippen LogP contribution in [0.5, 0.6) is 0 Å². The number of aliphatic carboxylic acids is 1. The van der Waals surface area contributed by atoms with E-state index in [4.69, 9.17) is 5.11 Å². The highest BCUT2D eigenvalue weighted by molar-refractivity contribution is 8.16. The molecule has 1 rings (SSSR count). The van der Waals surface area contributed by atoms with E-state index in [1.807, 2.05) is 0 Å². The van der Waals surface area contributed by atoms with Crippen molar-refractivity contribution in [3.63, 3.8) is 0 Å². The molecule has 1 heterocycles. The third kappa shape index (κ3) is 7.31. The highest BCUT2D eigenvalue weighted by Crippen LogP contribution is 2.12. The normalized spacial score (nSPS) is 21.1. The molecular formula is C11H18N2O4S2. The van der Waals surface area contributed by atoms with Crippen molar-refractivity contribution in [2.45, 2.75) is 12.8 Å². The summed E-state index contributed by atoms with van der Waals surface area (Å²) in [6.07, 6.45) is 0.771. The summed E-state index contributed by atoms with van der Waals surface area (Å²) in [6, 6.07) is 0. The molecular weight excluding hydrogens is 288 g/mol. The highest BCUT2D eigenvalue weighted by atomic mass is 32.2. The fraction of sp³-hybridized carbons (Fsp3) is 0.727. The molecule has 19 heavy (non-hydrogen) atoms. The summed E-state index contributed by atoms with van der Waals surface area (Å²) >= 11 is 2.90. The van der Waals surface area contributed by atoms with Crippen molar-refractivity contribution in [1.29, 1.82) is 0 Å². The maximum Gasteiger partial charge on any atom is 0.306 e. The number of nitrogens with one attached hydrogen (secondary N) is 2. The minimum absolute atomic E-state index is 0.0868. The Kier molecular flexibility index (Phi) is 7.73. The van der Waals surface area contributed by atoms with Gasteiger partial charge in [-0.15, -0.1) is 23.5 Å². The molecule has 0 saturated carbocycles. The smallest absolute Gasteiger partial charge is 0.306 e. The Balaban J connectivity index is 2.48. The average molecular weight is 306 g/mol. The summed E-state index contributed by atoms with van der Waals surface area (Å²) in [7, 11) is 0. The molecule has 0 aromatic rings. The molecule has 0 aromatic carbocycles. The van der Waals surface area contributed by atoms with Gasteiger partial charge in [0.15, 0.2) is 0 Å². The molecule has 6 nitrogen and oxygen atoms in total. The number of hydrogen-bond acceptors (Lipinski definition) is 5. The van der Waals surface area contributed by atoms with Gasteiger partial charge in [-0.1, -0.05) is 0 Å². The SMILES string of the molecule is O=C1CSCSCC(=O)NCCC(C(=O)O)CCN1. The zero-order valence-corrected chi connectivity index (χ0v) is 12.1. The van der Waals surface area contributed by atoms with E-state index in [0.29, 0.717) is 42.5 Å². The van der Waals surface area contributed by atoms with Crippen LogP contribution in [0.4, 0.5) is 0 Å². The molecule has 3 N–H and O–H groups in total. The van der Waals surface area contributed by atoms with Crippen LogP contribution in [0.15, 0.2) is 0 Å². The van der Waals surface area contributed by atoms with Gasteiger partial charge in [-0.3, -0.25) is 14.4 Å². The van der Waals surface area contributed by atoms with Crippen LogP contribution in [0, 0.1) is 5.92 Å². The van der Waals surface area contributed by atoms with E-state index < -0.39 is 11.9 Å². The second kappa shape index (κ2) is 9.08. The van der Waals surface area contributed by atoms with Crippen molar-refractivity contribution in [2.75, 3.05) is 29.7 Å². The Morgan fingerprint density at radius 3 is 1.95 bits per heavy atom. The molecule has 0 aliphatic carbocycles. The maximum atomic E-state index is 11.4. The molecule has 0 unspecified atom stereocenters. The summed E-state index contributed by atoms with van der Waals surface area (Å²) in [5.41, 5.74) is 0. The molecule has 2 amide bonds. The van der Waals surface area contributed by atoms with E-state index in [9.17, 15) is 14.4 Å². The Morgan fingerprint density at radius 2 is 1.53 bits per heavy atom. The Hall–Kier alpha value is -0.890. The Labute approximate surface area is 120 Å². The zero-order valence-electron chi connectivity index (χ0n) is 10.5. The minimum Gasteiger partial charge on any atom is -0.481 e. The molecule has 0 atom stereocenters. The van der Waals surface area contributed by atoms with Crippen molar-refractivity contribution in [2.24, 2.45) is 5.92 Å². The number of carboxylic acid groups (broad SMARTS) is 1. The highest BCUT2D eigenvalue weighted by Gasteiger charge is 2.18. The maximum absolute atomic E-state index is 11.4. The Morgan fingerprint density at radius 1 is 1.05 bits per heavy atom. The third-order valence-corrected chi connectivity index (χ3v) is 4.88. The Bertz CT molecular complexity index is 315. The van der Waals surface area contributed by atoms with Crippen LogP contribution in [0.3, 0.4) is 0 Å². The first-order valence-electron chi connectivity index (χ1n) is 6.01. The van der Waals surface area contributed by atoms with Crippen LogP contribution in [0.2, 0.25) is 0 Å². The van der Waals surface area contributed by atoms with E-state index >= 15 is 0 Å². The summed E-state index contributed by atoms with van der Waals surface area (Å²) in [5, 5.41) is 15.2. The van der Waals surface area contributed by atoms with Crippen LogP contribution in [0.25, 0.3) is 0 Å². The second-order valence-corrected chi connectivity index (χ2v) is 6.46. The van der Waals surface area contributed by atoms with E-state index in [-0.39, 0.29) is 11.8 Å². The van der Waals surface area contributed by atoms with E-state index in [1.165, 1.54) is 23.5 Å². The van der Waals surface area contributed by atoms with Crippen molar-refractivity contribution >= 4 is 41.3 Å². The van der Waals surface area contributed by atoms with Gasteiger partial charge in [-0.05, 0) is 12.8 Å². The molecule has 8 heteroatoms. The van der Waals surface area contributed by atoms with Crippen LogP contribution >= 0.6 is 23.5 Å². The van der Waals surface area contributed by atoms with Gasteiger partial charge < -0.3 is 15.7 Å². The molecule has 0 radical (unpaired) electrons. The van der Waals surface area contributed by atoms with Crippen LogP contribution in [-0.2, 0) is 14.4 Å². The number of rotatable bonds is 1. The monoisotopic (exact) mass is 306 g/mol. The topological polar surface area (TPSA) is 95.5 Å². The number of carbonyl (C=O) groups excluding carboxylic acids is 2. The number of amides is 2. The van der Waals surface area contributed by atoms with Gasteiger partial charge in [-0.25, -0.2) is 0 Å². The van der Waals surface area contributed by atoms with E-state index in [1.54, 1.807) is 0 Å². The standard InChI is InChI=1S/C11H18N2O4S2/c14-9-5-18-7-19-6-10(15)13-4-2-8(11(16)17)1-3-12-9/h8H,1-7H2,(H,12,14)(H,13,15)(H,16,17). The van der Waals surface area contributed by atoms with Gasteiger partial charge in [0.25, 0.3) is 0 Å². The lowest BCUT2D eigenvalue weighted by atomic mass is 10.0. The largest absolute Gasteiger partial charge is 0.481 e. The van der Waals surface area contributed by atoms with Gasteiger partial charge >= 0.3 is 5.97 Å². The van der Waals surface area contributed by atoms with Gasteiger partial charge in [0.05, 0.1) is 17.4 Å². The molecule has 108 valence electrons. The van der Waals surface area contributed by atoms with Crippen molar-refractivity contribution < 1.29 is 19.5 Å². The average Bonchev–Trinajstić information content (AvgIpc) is 2.35. The summed E-state index contributed by atoms with van der Waals surface area (Å²) in [5.74, 6) is -0.922. The lowest BCUT2D eigenvalue weighted by molar-refractivity contribution is -0.142. The van der Waals surface area contributed by atoms with Gasteiger partial charge in [0.1, 0.15) is 0 Å². The fourth-order valence-corrected chi connectivity index (χ4v) is 3.31. The van der Waals surface area contributed by atoms with Crippen molar-refractivity contribution in [3.05, 3.63) is 0 Å². The lowest BCUT2D eigenvalue weighted by Crippen LogP contribution is -2.32. The predicted octanol–water partition coefficient (Wildman–Crippen LogP) is 0.137. The summed E-state index contributed by atoms with van der Waals surface area (Å²) in [6.45, 7) is 0.717. The minimum atomic E-state index is -0.889. The van der Waals surface area contributed by atoms with Crippen LogP contribution in [0.1, 0.15) is 12.8 Å². The van der Waals surface area contributed by atoms with E-state index in [0.717, 1.165) is 0 Å². The van der Waals surface area contributed by atoms with Crippen molar-refractivity contribution in [1.82, 2.24) is 10.6 Å². The number of carboxylic acids is 1. The quantitative estimate of drug-likeness (QED) is 0.638. The van der Waals surface area contributed by atoms with Crippen LogP contribution in [-0.4, -0.2) is 52.6 Å². The van der Waals surface area contributed by atoms with Crippen molar-refractivity contribution in [3.8, 4) is 0 Å². The number of thioether (sulfide) groups is 2. The molecule has 0 bridgehead atoms. The van der Waals surface area contributed by atoms with Gasteiger partial charge in [0.2, 0.25) is 11.8 Å². The first-order chi connectivity index (χ1) is 9.09. The molecule has 0 spiro atoms. The van der Waals surface area contributed by atoms with E-state index in [2.05, 4.69) is 10.6 Å². The predicted molar refractivity (Wildman–Crippen MR) is 76.2 cm³/mol. The van der Waals surface area contributed by atoms with Gasteiger partial charge in [-0.2, -0.15) is 0 Å². The first-order valence-corrected chi connectivity index (χ1v) is 8.32. The van der Waals surface area contributed by atoms with Gasteiger partial charge in [0, 0.05) is 18.2 Å². The molecule has 0 aromatic heterocycles. The molecule has 1 saturated heterocycles. The molecule has 1 aliphatic rings. The lowest BCUT2D eigenvalue weighted by Gasteiger charge is -2.14. The first kappa shape index (κ1) is 16.2. The summed E-state index contributed by atoms with van der Waals surface area (Å²) < 4.78 is 0. The summed E-state index contributed by atoms with van der Waals surface area (Å²) in [4.78, 5) is 33.9. The molecule has 1 aliphatic heterocycles. The third-order valence-electron chi connectivity index (χ3n) is 2.61. The molecule has 1 fully saturated rings. The number of carbonyl (C=O) groups is 3. The second-order valence-electron chi connectivity index (χ2n) is 4.13.